The third kappa shape index (κ3) is 4.63. The molecule has 2 N–H and O–H groups in total. The van der Waals surface area contributed by atoms with E-state index in [9.17, 15) is 14.4 Å². The summed E-state index contributed by atoms with van der Waals surface area (Å²) >= 11 is 0. The molecular formula is C21H28N6O4. The zero-order valence-electron chi connectivity index (χ0n) is 17.9. The number of carbonyl (C=O) groups is 3. The molecule has 0 bridgehead atoms. The largest absolute Gasteiger partial charge is 0.443 e. The molecule has 31 heavy (non-hydrogen) atoms. The summed E-state index contributed by atoms with van der Waals surface area (Å²) in [5.74, 6) is 0.313. The summed E-state index contributed by atoms with van der Waals surface area (Å²) in [6, 6.07) is 3.36. The number of pyridine rings is 1. The zero-order valence-corrected chi connectivity index (χ0v) is 17.9. The average Bonchev–Trinajstić information content (AvgIpc) is 2.94. The molecule has 4 rings (SSSR count). The molecule has 10 heteroatoms. The Morgan fingerprint density at radius 3 is 2.87 bits per heavy atom. The zero-order chi connectivity index (χ0) is 22.0. The van der Waals surface area contributed by atoms with Gasteiger partial charge in [-0.3, -0.25) is 19.4 Å². The molecule has 2 aliphatic rings. The van der Waals surface area contributed by atoms with Gasteiger partial charge in [0.15, 0.2) is 0 Å². The van der Waals surface area contributed by atoms with Crippen molar-refractivity contribution in [3.63, 3.8) is 0 Å². The van der Waals surface area contributed by atoms with Gasteiger partial charge in [-0.25, -0.2) is 14.6 Å². The summed E-state index contributed by atoms with van der Waals surface area (Å²) in [5.41, 5.74) is 0.850. The minimum atomic E-state index is -0.736. The minimum Gasteiger partial charge on any atom is -0.443 e. The lowest BCUT2D eigenvalue weighted by Gasteiger charge is -2.29. The number of rotatable bonds is 4. The van der Waals surface area contributed by atoms with Gasteiger partial charge in [-0.05, 0) is 38.4 Å². The number of urea groups is 1. The van der Waals surface area contributed by atoms with Gasteiger partial charge >= 0.3 is 12.1 Å². The molecule has 2 aromatic rings. The van der Waals surface area contributed by atoms with Crippen molar-refractivity contribution in [1.82, 2.24) is 24.9 Å². The van der Waals surface area contributed by atoms with E-state index in [2.05, 4.69) is 15.6 Å². The first-order chi connectivity index (χ1) is 14.8. The van der Waals surface area contributed by atoms with Gasteiger partial charge in [0.05, 0.1) is 6.20 Å². The maximum Gasteiger partial charge on any atom is 0.410 e. The summed E-state index contributed by atoms with van der Waals surface area (Å²) in [6.07, 6.45) is 4.76. The van der Waals surface area contributed by atoms with Crippen LogP contribution in [0.4, 0.5) is 15.4 Å². The first kappa shape index (κ1) is 21.1. The van der Waals surface area contributed by atoms with E-state index < -0.39 is 11.6 Å². The molecule has 10 nitrogen and oxygen atoms in total. The maximum atomic E-state index is 12.7. The molecule has 166 valence electrons. The Balaban J connectivity index is 1.51. The first-order valence-corrected chi connectivity index (χ1v) is 10.6. The van der Waals surface area contributed by atoms with E-state index in [4.69, 9.17) is 4.74 Å². The third-order valence-corrected chi connectivity index (χ3v) is 5.51. The monoisotopic (exact) mass is 428 g/mol. The van der Waals surface area contributed by atoms with Gasteiger partial charge in [-0.1, -0.05) is 6.07 Å². The fraction of sp³-hybridized carbons (Fsp3) is 0.524. The van der Waals surface area contributed by atoms with E-state index in [1.807, 2.05) is 36.6 Å². The van der Waals surface area contributed by atoms with E-state index in [1.165, 1.54) is 4.90 Å². The van der Waals surface area contributed by atoms with Crippen LogP contribution in [-0.4, -0.2) is 70.6 Å². The molecule has 0 unspecified atom stereocenters. The Hall–Kier alpha value is -3.14. The standard InChI is InChI=1S/C21H28N6O4/c1-21(2,31-20(30)25-9-4-7-22-8-12-25)13-15-5-3-10-26-17(14-23-18(15)26)27-11-6-16(28)24-19(27)29/h3,5,10,14,22H,4,6-9,11-13H2,1-2H3,(H,24,28,29). The Morgan fingerprint density at radius 2 is 2.06 bits per heavy atom. The number of imide groups is 1. The Labute approximate surface area is 180 Å². The third-order valence-electron chi connectivity index (χ3n) is 5.51. The molecule has 4 amide bonds. The highest BCUT2D eigenvalue weighted by molar-refractivity contribution is 6.05. The van der Waals surface area contributed by atoms with Crippen LogP contribution in [-0.2, 0) is 16.0 Å². The number of nitrogens with one attached hydrogen (secondary N) is 2. The van der Waals surface area contributed by atoms with Gasteiger partial charge in [0, 0.05) is 45.2 Å². The van der Waals surface area contributed by atoms with Crippen LogP contribution in [0.15, 0.2) is 24.5 Å². The molecule has 0 saturated carbocycles. The Bertz CT molecular complexity index is 993. The van der Waals surface area contributed by atoms with Crippen LogP contribution >= 0.6 is 0 Å². The van der Waals surface area contributed by atoms with Crippen LogP contribution in [0.3, 0.4) is 0 Å². The topological polar surface area (TPSA) is 108 Å². The summed E-state index contributed by atoms with van der Waals surface area (Å²) in [6.45, 7) is 7.06. The number of hydrogen-bond donors (Lipinski definition) is 2. The van der Waals surface area contributed by atoms with Crippen LogP contribution < -0.4 is 15.5 Å². The molecule has 2 aliphatic heterocycles. The van der Waals surface area contributed by atoms with Crippen molar-refractivity contribution in [1.29, 1.82) is 0 Å². The van der Waals surface area contributed by atoms with Crippen LogP contribution in [0.1, 0.15) is 32.3 Å². The Kier molecular flexibility index (Phi) is 5.81. The molecule has 4 heterocycles. The van der Waals surface area contributed by atoms with E-state index in [1.54, 1.807) is 11.1 Å². The van der Waals surface area contributed by atoms with Crippen molar-refractivity contribution in [2.45, 2.75) is 38.7 Å². The predicted molar refractivity (Wildman–Crippen MR) is 114 cm³/mol. The normalized spacial score (nSPS) is 18.1. The van der Waals surface area contributed by atoms with Gasteiger partial charge in [-0.15, -0.1) is 0 Å². The van der Waals surface area contributed by atoms with Crippen molar-refractivity contribution in [3.8, 4) is 0 Å². The lowest BCUT2D eigenvalue weighted by Crippen LogP contribution is -2.50. The van der Waals surface area contributed by atoms with E-state index in [0.717, 1.165) is 25.1 Å². The fourth-order valence-corrected chi connectivity index (χ4v) is 4.00. The molecule has 0 radical (unpaired) electrons. The molecule has 2 aromatic heterocycles. The van der Waals surface area contributed by atoms with Crippen molar-refractivity contribution in [3.05, 3.63) is 30.1 Å². The second kappa shape index (κ2) is 8.54. The average molecular weight is 428 g/mol. The number of hydrogen-bond acceptors (Lipinski definition) is 6. The van der Waals surface area contributed by atoms with Crippen LogP contribution in [0, 0.1) is 0 Å². The quantitative estimate of drug-likeness (QED) is 0.765. The lowest BCUT2D eigenvalue weighted by atomic mass is 9.99. The molecule has 0 aromatic carbocycles. The number of ether oxygens (including phenoxy) is 1. The van der Waals surface area contributed by atoms with Crippen LogP contribution in [0.25, 0.3) is 5.65 Å². The second-order valence-corrected chi connectivity index (χ2v) is 8.49. The second-order valence-electron chi connectivity index (χ2n) is 8.49. The van der Waals surface area contributed by atoms with Crippen LogP contribution in [0.2, 0.25) is 0 Å². The van der Waals surface area contributed by atoms with E-state index >= 15 is 0 Å². The molecule has 0 spiro atoms. The number of anilines is 1. The van der Waals surface area contributed by atoms with Gasteiger partial charge in [0.1, 0.15) is 17.1 Å². The minimum absolute atomic E-state index is 0.244. The number of carbonyl (C=O) groups excluding carboxylic acids is 3. The highest BCUT2D eigenvalue weighted by atomic mass is 16.6. The lowest BCUT2D eigenvalue weighted by molar-refractivity contribution is -0.120. The van der Waals surface area contributed by atoms with Crippen molar-refractivity contribution < 1.29 is 19.1 Å². The van der Waals surface area contributed by atoms with Crippen molar-refractivity contribution in [2.75, 3.05) is 37.6 Å². The molecule has 2 saturated heterocycles. The van der Waals surface area contributed by atoms with Gasteiger partial charge in [0.25, 0.3) is 0 Å². The Morgan fingerprint density at radius 1 is 1.23 bits per heavy atom. The van der Waals surface area contributed by atoms with Gasteiger partial charge < -0.3 is 15.0 Å². The molecule has 2 fully saturated rings. The van der Waals surface area contributed by atoms with Crippen LogP contribution in [0.5, 0.6) is 0 Å². The summed E-state index contributed by atoms with van der Waals surface area (Å²) in [4.78, 5) is 44.1. The predicted octanol–water partition coefficient (Wildman–Crippen LogP) is 1.53. The van der Waals surface area contributed by atoms with E-state index in [-0.39, 0.29) is 18.4 Å². The number of imidazole rings is 1. The summed E-state index contributed by atoms with van der Waals surface area (Å²) < 4.78 is 7.67. The summed E-state index contributed by atoms with van der Waals surface area (Å²) in [7, 11) is 0. The fourth-order valence-electron chi connectivity index (χ4n) is 4.00. The smallest absolute Gasteiger partial charge is 0.410 e. The number of fused-ring (bicyclic) bond motifs is 1. The van der Waals surface area contributed by atoms with Gasteiger partial charge in [-0.2, -0.15) is 0 Å². The van der Waals surface area contributed by atoms with Crippen molar-refractivity contribution in [2.24, 2.45) is 0 Å². The highest BCUT2D eigenvalue weighted by Gasteiger charge is 2.30. The SMILES string of the molecule is CC(C)(Cc1cccn2c(N3CCC(=O)NC3=O)cnc12)OC(=O)N1CCCNCC1. The highest BCUT2D eigenvalue weighted by Crippen LogP contribution is 2.25. The van der Waals surface area contributed by atoms with Gasteiger partial charge in [0.2, 0.25) is 5.91 Å². The molecular weight excluding hydrogens is 400 g/mol. The van der Waals surface area contributed by atoms with Crippen molar-refractivity contribution >= 4 is 29.5 Å². The number of amides is 4. The number of nitrogens with zero attached hydrogens (tertiary/aromatic N) is 4. The first-order valence-electron chi connectivity index (χ1n) is 10.6. The molecule has 0 atom stereocenters. The summed E-state index contributed by atoms with van der Waals surface area (Å²) in [5, 5.41) is 5.61. The number of aromatic nitrogens is 2. The van der Waals surface area contributed by atoms with E-state index in [0.29, 0.717) is 37.5 Å². The maximum absolute atomic E-state index is 12.7. The molecule has 0 aliphatic carbocycles.